The van der Waals surface area contributed by atoms with Crippen LogP contribution >= 0.6 is 15.9 Å². The first-order chi connectivity index (χ1) is 8.16. The van der Waals surface area contributed by atoms with E-state index in [1.807, 2.05) is 6.07 Å². The molecular weight excluding hydrogens is 278 g/mol. The molecule has 0 aliphatic carbocycles. The number of hydrogen-bond acceptors (Lipinski definition) is 2. The van der Waals surface area contributed by atoms with Crippen LogP contribution in [0.25, 0.3) is 0 Å². The Hall–Kier alpha value is -0.540. The zero-order valence-corrected chi connectivity index (χ0v) is 12.1. The van der Waals surface area contributed by atoms with Crippen LogP contribution in [0.3, 0.4) is 0 Å². The van der Waals surface area contributed by atoms with E-state index in [9.17, 15) is 0 Å². The lowest BCUT2D eigenvalue weighted by Gasteiger charge is -2.16. The first-order valence-electron chi connectivity index (χ1n) is 6.30. The highest BCUT2D eigenvalue weighted by molar-refractivity contribution is 9.10. The van der Waals surface area contributed by atoms with Crippen LogP contribution in [0.4, 0.5) is 0 Å². The summed E-state index contributed by atoms with van der Waals surface area (Å²) >= 11 is 3.52. The highest BCUT2D eigenvalue weighted by Crippen LogP contribution is 2.30. The third kappa shape index (κ3) is 3.46. The van der Waals surface area contributed by atoms with E-state index >= 15 is 0 Å². The Balaban J connectivity index is 2.03. The van der Waals surface area contributed by atoms with E-state index in [2.05, 4.69) is 47.2 Å². The minimum absolute atomic E-state index is 0.490. The van der Waals surface area contributed by atoms with Crippen LogP contribution in [0.1, 0.15) is 31.7 Å². The van der Waals surface area contributed by atoms with Gasteiger partial charge in [0.15, 0.2) is 0 Å². The van der Waals surface area contributed by atoms with Crippen LogP contribution in [0.5, 0.6) is 5.75 Å². The van der Waals surface area contributed by atoms with Crippen LogP contribution in [-0.2, 0) is 0 Å². The average molecular weight is 298 g/mol. The number of ether oxygens (including phenoxy) is 1. The number of hydrogen-bond donors (Lipinski definition) is 1. The van der Waals surface area contributed by atoms with Gasteiger partial charge in [-0.2, -0.15) is 0 Å². The zero-order chi connectivity index (χ0) is 12.3. The second-order valence-electron chi connectivity index (χ2n) is 5.01. The summed E-state index contributed by atoms with van der Waals surface area (Å²) in [5, 5.41) is 3.37. The molecule has 2 rings (SSSR count). The summed E-state index contributed by atoms with van der Waals surface area (Å²) in [5.74, 6) is 2.19. The molecule has 0 saturated carbocycles. The van der Waals surface area contributed by atoms with Crippen LogP contribution < -0.4 is 10.1 Å². The normalized spacial score (nSPS) is 19.9. The maximum absolute atomic E-state index is 5.98. The van der Waals surface area contributed by atoms with Gasteiger partial charge >= 0.3 is 0 Å². The van der Waals surface area contributed by atoms with Gasteiger partial charge in [-0.15, -0.1) is 0 Å². The molecule has 1 unspecified atom stereocenters. The summed E-state index contributed by atoms with van der Waals surface area (Å²) in [7, 11) is 0. The molecule has 1 aliphatic rings. The van der Waals surface area contributed by atoms with Crippen molar-refractivity contribution in [2.45, 2.75) is 26.2 Å². The summed E-state index contributed by atoms with van der Waals surface area (Å²) in [6, 6.07) is 6.28. The quantitative estimate of drug-likeness (QED) is 0.917. The van der Waals surface area contributed by atoms with Crippen molar-refractivity contribution in [1.82, 2.24) is 5.32 Å². The van der Waals surface area contributed by atoms with Gasteiger partial charge in [-0.25, -0.2) is 0 Å². The third-order valence-electron chi connectivity index (χ3n) is 3.23. The van der Waals surface area contributed by atoms with Crippen molar-refractivity contribution < 1.29 is 4.74 Å². The largest absolute Gasteiger partial charge is 0.493 e. The number of benzene rings is 1. The van der Waals surface area contributed by atoms with Crippen molar-refractivity contribution in [1.29, 1.82) is 0 Å². The smallest absolute Gasteiger partial charge is 0.122 e. The molecule has 1 atom stereocenters. The molecule has 1 aromatic carbocycles. The molecule has 0 amide bonds. The fourth-order valence-electron chi connectivity index (χ4n) is 2.17. The van der Waals surface area contributed by atoms with Gasteiger partial charge in [0.1, 0.15) is 5.75 Å². The molecule has 0 aromatic heterocycles. The molecule has 3 heteroatoms. The maximum atomic E-state index is 5.98. The molecule has 94 valence electrons. The van der Waals surface area contributed by atoms with Crippen molar-refractivity contribution >= 4 is 15.9 Å². The highest BCUT2D eigenvalue weighted by Gasteiger charge is 2.16. The van der Waals surface area contributed by atoms with Gasteiger partial charge < -0.3 is 10.1 Å². The molecule has 0 radical (unpaired) electrons. The van der Waals surface area contributed by atoms with E-state index < -0.39 is 0 Å². The van der Waals surface area contributed by atoms with Crippen molar-refractivity contribution in [2.24, 2.45) is 5.92 Å². The van der Waals surface area contributed by atoms with Crippen molar-refractivity contribution in [2.75, 3.05) is 19.7 Å². The lowest BCUT2D eigenvalue weighted by molar-refractivity contribution is 0.257. The zero-order valence-electron chi connectivity index (χ0n) is 10.5. The number of halogens is 1. The average Bonchev–Trinajstić information content (AvgIpc) is 2.80. The third-order valence-corrected chi connectivity index (χ3v) is 3.72. The topological polar surface area (TPSA) is 21.3 Å². The molecule has 1 N–H and O–H groups in total. The highest BCUT2D eigenvalue weighted by atomic mass is 79.9. The second-order valence-corrected chi connectivity index (χ2v) is 5.92. The molecule has 2 nitrogen and oxygen atoms in total. The summed E-state index contributed by atoms with van der Waals surface area (Å²) in [6.45, 7) is 7.45. The van der Waals surface area contributed by atoms with Gasteiger partial charge in [0.25, 0.3) is 0 Å². The van der Waals surface area contributed by atoms with Crippen molar-refractivity contribution in [3.63, 3.8) is 0 Å². The van der Waals surface area contributed by atoms with Crippen molar-refractivity contribution in [3.8, 4) is 5.75 Å². The van der Waals surface area contributed by atoms with Crippen LogP contribution in [-0.4, -0.2) is 19.7 Å². The van der Waals surface area contributed by atoms with Crippen LogP contribution in [0.15, 0.2) is 22.7 Å². The van der Waals surface area contributed by atoms with Crippen LogP contribution in [0.2, 0.25) is 0 Å². The predicted molar refractivity (Wildman–Crippen MR) is 74.7 cm³/mol. The summed E-state index contributed by atoms with van der Waals surface area (Å²) in [5.41, 5.74) is 1.28. The fourth-order valence-corrected chi connectivity index (χ4v) is 2.55. The minimum Gasteiger partial charge on any atom is -0.493 e. The molecule has 0 bridgehead atoms. The minimum atomic E-state index is 0.490. The molecule has 1 aromatic rings. The van der Waals surface area contributed by atoms with Gasteiger partial charge in [-0.05, 0) is 42.6 Å². The Morgan fingerprint density at radius 1 is 1.47 bits per heavy atom. The lowest BCUT2D eigenvalue weighted by atomic mass is 10.0. The van der Waals surface area contributed by atoms with Crippen molar-refractivity contribution in [3.05, 3.63) is 28.2 Å². The van der Waals surface area contributed by atoms with Gasteiger partial charge in [-0.3, -0.25) is 0 Å². The molecule has 1 saturated heterocycles. The van der Waals surface area contributed by atoms with E-state index in [4.69, 9.17) is 4.74 Å². The van der Waals surface area contributed by atoms with Gasteiger partial charge in [0.2, 0.25) is 0 Å². The SMILES string of the molecule is CC(C)c1cc(Br)ccc1OCC1CCNC1. The first-order valence-corrected chi connectivity index (χ1v) is 7.09. The second kappa shape index (κ2) is 5.87. The summed E-state index contributed by atoms with van der Waals surface area (Å²) < 4.78 is 7.10. The standard InChI is InChI=1S/C14H20BrNO/c1-10(2)13-7-12(15)3-4-14(13)17-9-11-5-6-16-8-11/h3-4,7,10-11,16H,5-6,8-9H2,1-2H3. The first kappa shape index (κ1) is 12.9. The van der Waals surface area contributed by atoms with E-state index in [1.54, 1.807) is 0 Å². The fraction of sp³-hybridized carbons (Fsp3) is 0.571. The molecular formula is C14H20BrNO. The molecule has 1 aliphatic heterocycles. The Kier molecular flexibility index (Phi) is 4.46. The van der Waals surface area contributed by atoms with E-state index in [0.29, 0.717) is 11.8 Å². The molecule has 1 heterocycles. The summed E-state index contributed by atoms with van der Waals surface area (Å²) in [6.07, 6.45) is 1.23. The van der Waals surface area contributed by atoms with Gasteiger partial charge in [0.05, 0.1) is 6.61 Å². The molecule has 0 spiro atoms. The number of nitrogens with one attached hydrogen (secondary N) is 1. The van der Waals surface area contributed by atoms with E-state index in [0.717, 1.165) is 29.9 Å². The Morgan fingerprint density at radius 3 is 2.94 bits per heavy atom. The van der Waals surface area contributed by atoms with Gasteiger partial charge in [-0.1, -0.05) is 29.8 Å². The van der Waals surface area contributed by atoms with E-state index in [-0.39, 0.29) is 0 Å². The molecule has 17 heavy (non-hydrogen) atoms. The Bertz CT molecular complexity index is 372. The monoisotopic (exact) mass is 297 g/mol. The Labute approximate surface area is 112 Å². The maximum Gasteiger partial charge on any atom is 0.122 e. The summed E-state index contributed by atoms with van der Waals surface area (Å²) in [4.78, 5) is 0. The number of rotatable bonds is 4. The molecule has 1 fully saturated rings. The lowest BCUT2D eigenvalue weighted by Crippen LogP contribution is -2.16. The Morgan fingerprint density at radius 2 is 2.29 bits per heavy atom. The van der Waals surface area contributed by atoms with E-state index in [1.165, 1.54) is 12.0 Å². The van der Waals surface area contributed by atoms with Gasteiger partial charge in [0, 0.05) is 16.9 Å². The van der Waals surface area contributed by atoms with Crippen LogP contribution in [0, 0.1) is 5.92 Å². The predicted octanol–water partition coefficient (Wildman–Crippen LogP) is 3.56.